The Kier molecular flexibility index (Phi) is 21.0. The molecular weight excluding hydrogens is 452 g/mol. The van der Waals surface area contributed by atoms with Crippen LogP contribution in [-0.2, 0) is 28.6 Å². The summed E-state index contributed by atoms with van der Waals surface area (Å²) in [7, 11) is 0. The van der Waals surface area contributed by atoms with Gasteiger partial charge in [0.1, 0.15) is 11.4 Å². The van der Waals surface area contributed by atoms with Crippen molar-refractivity contribution in [3.05, 3.63) is 0 Å². The minimum atomic E-state index is -0.655. The molecule has 0 saturated heterocycles. The van der Waals surface area contributed by atoms with Gasteiger partial charge >= 0.3 is 0 Å². The molecule has 0 heterocycles. The van der Waals surface area contributed by atoms with Crippen molar-refractivity contribution < 1.29 is 28.6 Å². The van der Waals surface area contributed by atoms with E-state index >= 15 is 0 Å². The number of ether oxygens (including phenoxy) is 3. The molecule has 34 heavy (non-hydrogen) atoms. The molecule has 0 aromatic rings. The number of thioether (sulfide) groups is 1. The monoisotopic (exact) mass is 508 g/mol. The van der Waals surface area contributed by atoms with E-state index < -0.39 is 5.60 Å². The van der Waals surface area contributed by atoms with Gasteiger partial charge in [0, 0.05) is 19.1 Å². The molecule has 0 aromatic carbocycles. The fourth-order valence-corrected chi connectivity index (χ4v) is 3.24. The van der Waals surface area contributed by atoms with Crippen LogP contribution >= 0.6 is 11.8 Å². The Hall–Kier alpha value is -0.760. The Labute approximate surface area is 215 Å². The van der Waals surface area contributed by atoms with Gasteiger partial charge in [-0.3, -0.25) is 14.4 Å². The minimum Gasteiger partial charge on any atom is -0.378 e. The van der Waals surface area contributed by atoms with Crippen LogP contribution < -0.4 is 0 Å². The fraction of sp³-hybridized carbons (Fsp3) is 0.889. The maximum absolute atomic E-state index is 11.0. The van der Waals surface area contributed by atoms with E-state index in [0.717, 1.165) is 5.75 Å². The molecule has 0 aromatic heterocycles. The maximum Gasteiger partial charge on any atom is 0.185 e. The number of Topliss-reactive ketones (excluding diaryl/α,β-unsaturated/α-hetero) is 2. The Bertz CT molecular complexity index is 581. The average Bonchev–Trinajstić information content (AvgIpc) is 2.46. The summed E-state index contributed by atoms with van der Waals surface area (Å²) in [6.45, 7) is 28.6. The number of carbonyl (C=O) groups excluding carboxylic acids is 3. The Morgan fingerprint density at radius 3 is 1.41 bits per heavy atom. The highest BCUT2D eigenvalue weighted by atomic mass is 32.2. The van der Waals surface area contributed by atoms with E-state index in [1.807, 2.05) is 69.2 Å². The van der Waals surface area contributed by atoms with Gasteiger partial charge in [0.15, 0.2) is 10.9 Å². The third-order valence-corrected chi connectivity index (χ3v) is 4.28. The lowest BCUT2D eigenvalue weighted by molar-refractivity contribution is -0.155. The fourth-order valence-electron chi connectivity index (χ4n) is 2.77. The molecular formula is C27H56O6S. The third kappa shape index (κ3) is 33.4. The minimum absolute atomic E-state index is 0. The van der Waals surface area contributed by atoms with Crippen LogP contribution in [0, 0.1) is 0 Å². The second-order valence-corrected chi connectivity index (χ2v) is 12.7. The highest BCUT2D eigenvalue weighted by molar-refractivity contribution is 8.13. The van der Waals surface area contributed by atoms with Crippen molar-refractivity contribution >= 4 is 28.4 Å². The van der Waals surface area contributed by atoms with Crippen LogP contribution in [0.5, 0.6) is 0 Å². The molecule has 0 atom stereocenters. The van der Waals surface area contributed by atoms with Gasteiger partial charge in [0.25, 0.3) is 0 Å². The largest absolute Gasteiger partial charge is 0.378 e. The van der Waals surface area contributed by atoms with Gasteiger partial charge in [0.05, 0.1) is 29.5 Å². The normalized spacial score (nSPS) is 12.0. The van der Waals surface area contributed by atoms with E-state index in [-0.39, 0.29) is 47.0 Å². The van der Waals surface area contributed by atoms with Crippen LogP contribution in [0.25, 0.3) is 0 Å². The van der Waals surface area contributed by atoms with Crippen molar-refractivity contribution in [1.29, 1.82) is 0 Å². The Morgan fingerprint density at radius 2 is 1.18 bits per heavy atom. The van der Waals surface area contributed by atoms with Crippen molar-refractivity contribution in [2.75, 3.05) is 12.4 Å². The number of ketones is 2. The van der Waals surface area contributed by atoms with Crippen molar-refractivity contribution in [3.63, 3.8) is 0 Å². The molecule has 0 unspecified atom stereocenters. The summed E-state index contributed by atoms with van der Waals surface area (Å²) in [5, 5.41) is 0.160. The molecule has 0 radical (unpaired) electrons. The molecule has 0 aliphatic carbocycles. The number of hydrogen-bond acceptors (Lipinski definition) is 7. The lowest BCUT2D eigenvalue weighted by Crippen LogP contribution is -2.40. The summed E-state index contributed by atoms with van der Waals surface area (Å²) in [6, 6.07) is 0. The van der Waals surface area contributed by atoms with Gasteiger partial charge in [-0.2, -0.15) is 0 Å². The molecule has 0 bridgehead atoms. The molecule has 206 valence electrons. The zero-order valence-electron chi connectivity index (χ0n) is 24.1. The van der Waals surface area contributed by atoms with E-state index in [1.165, 1.54) is 11.8 Å². The van der Waals surface area contributed by atoms with Crippen LogP contribution in [0.1, 0.15) is 118 Å². The van der Waals surface area contributed by atoms with E-state index in [0.29, 0.717) is 13.0 Å². The average molecular weight is 509 g/mol. The Morgan fingerprint density at radius 1 is 0.765 bits per heavy atom. The number of hydrogen-bond donors (Lipinski definition) is 0. The van der Waals surface area contributed by atoms with Gasteiger partial charge in [-0.1, -0.05) is 19.2 Å². The first-order chi connectivity index (χ1) is 14.4. The first kappa shape index (κ1) is 40.4. The molecule has 7 heteroatoms. The Balaban J connectivity index is -0.000000196. The molecule has 0 spiro atoms. The van der Waals surface area contributed by atoms with Crippen molar-refractivity contribution in [1.82, 2.24) is 0 Å². The standard InChI is InChI=1S/C10H20O2.C9H18O2.C7H14O2S.CH4/c1-8(11)7-10(5,6)12-9(2,3)4;1-7(10)9(5,6)11-8(2,3)4;1-6(2)9-4-5-10-7(3)8;/h7H2,1-6H3;1-6H3;6H,4-5H2,1-3H3;1H4. The summed E-state index contributed by atoms with van der Waals surface area (Å²) in [4.78, 5) is 32.3. The van der Waals surface area contributed by atoms with Crippen molar-refractivity contribution in [3.8, 4) is 0 Å². The molecule has 6 nitrogen and oxygen atoms in total. The maximum atomic E-state index is 11.0. The molecule has 0 aliphatic rings. The number of carbonyl (C=O) groups is 3. The molecule has 0 N–H and O–H groups in total. The molecule has 0 rings (SSSR count). The number of rotatable bonds is 9. The SMILES string of the molecule is C.CC(=O)C(C)(C)OC(C)(C)C.CC(=O)CC(C)(C)OC(C)(C)C.CC(=O)SCCOC(C)C. The summed E-state index contributed by atoms with van der Waals surface area (Å²) < 4.78 is 16.5. The van der Waals surface area contributed by atoms with E-state index in [1.54, 1.807) is 34.6 Å². The predicted molar refractivity (Wildman–Crippen MR) is 147 cm³/mol. The van der Waals surface area contributed by atoms with Crippen LogP contribution in [0.2, 0.25) is 0 Å². The lowest BCUT2D eigenvalue weighted by Gasteiger charge is -2.33. The van der Waals surface area contributed by atoms with Gasteiger partial charge in [-0.25, -0.2) is 0 Å². The van der Waals surface area contributed by atoms with Crippen LogP contribution in [0.4, 0.5) is 0 Å². The van der Waals surface area contributed by atoms with Gasteiger partial charge in [0.2, 0.25) is 0 Å². The van der Waals surface area contributed by atoms with Crippen LogP contribution in [0.3, 0.4) is 0 Å². The van der Waals surface area contributed by atoms with Crippen molar-refractivity contribution in [2.24, 2.45) is 0 Å². The summed E-state index contributed by atoms with van der Waals surface area (Å²) in [5.41, 5.74) is -1.43. The van der Waals surface area contributed by atoms with E-state index in [2.05, 4.69) is 0 Å². The lowest BCUT2D eigenvalue weighted by atomic mass is 10.0. The first-order valence-electron chi connectivity index (χ1n) is 11.6. The molecule has 0 fully saturated rings. The zero-order valence-corrected chi connectivity index (χ0v) is 24.9. The quantitative estimate of drug-likeness (QED) is 0.309. The summed E-state index contributed by atoms with van der Waals surface area (Å²) in [5.74, 6) is 1.00. The molecule has 0 saturated carbocycles. The summed E-state index contributed by atoms with van der Waals surface area (Å²) >= 11 is 1.31. The topological polar surface area (TPSA) is 78.9 Å². The summed E-state index contributed by atoms with van der Waals surface area (Å²) in [6.07, 6.45) is 0.747. The third-order valence-electron chi connectivity index (χ3n) is 3.51. The van der Waals surface area contributed by atoms with Gasteiger partial charge in [-0.15, -0.1) is 0 Å². The van der Waals surface area contributed by atoms with E-state index in [9.17, 15) is 14.4 Å². The zero-order chi connectivity index (χ0) is 27.3. The van der Waals surface area contributed by atoms with Crippen LogP contribution in [0.15, 0.2) is 0 Å². The van der Waals surface area contributed by atoms with E-state index in [4.69, 9.17) is 14.2 Å². The van der Waals surface area contributed by atoms with Gasteiger partial charge in [-0.05, 0) is 96.9 Å². The van der Waals surface area contributed by atoms with Gasteiger partial charge < -0.3 is 14.2 Å². The first-order valence-corrected chi connectivity index (χ1v) is 12.5. The van der Waals surface area contributed by atoms with Crippen molar-refractivity contribution in [2.45, 2.75) is 146 Å². The smallest absolute Gasteiger partial charge is 0.185 e. The predicted octanol–water partition coefficient (Wildman–Crippen LogP) is 7.06. The molecule has 0 amide bonds. The van der Waals surface area contributed by atoms with Crippen LogP contribution in [-0.4, -0.2) is 57.5 Å². The highest BCUT2D eigenvalue weighted by Gasteiger charge is 2.30. The highest BCUT2D eigenvalue weighted by Crippen LogP contribution is 2.23. The second kappa shape index (κ2) is 17.6. The second-order valence-electron chi connectivity index (χ2n) is 11.4. The molecule has 0 aliphatic heterocycles.